The largest absolute Gasteiger partial charge is 0.497 e. The van der Waals surface area contributed by atoms with Crippen LogP contribution in [0.15, 0.2) is 66.7 Å². The first-order valence-corrected chi connectivity index (χ1v) is 10.5. The van der Waals surface area contributed by atoms with Gasteiger partial charge in [-0.15, -0.1) is 0 Å². The summed E-state index contributed by atoms with van der Waals surface area (Å²) in [5, 5.41) is 4.59. The van der Waals surface area contributed by atoms with Gasteiger partial charge < -0.3 is 24.4 Å². The minimum atomic E-state index is 0.578. The van der Waals surface area contributed by atoms with Crippen LogP contribution < -0.4 is 19.5 Å². The van der Waals surface area contributed by atoms with E-state index in [1.807, 2.05) is 66.7 Å². The van der Waals surface area contributed by atoms with E-state index in [-0.39, 0.29) is 0 Å². The zero-order chi connectivity index (χ0) is 22.2. The van der Waals surface area contributed by atoms with Crippen molar-refractivity contribution in [1.29, 1.82) is 0 Å². The van der Waals surface area contributed by atoms with Crippen LogP contribution in [0.1, 0.15) is 11.1 Å². The SMILES string of the molecule is COc1ccc(CN(Cc2ccc(Cl)cc2)C(=S)Nc2ccc(OC)cc2OC)cc1. The smallest absolute Gasteiger partial charge is 0.174 e. The van der Waals surface area contributed by atoms with Gasteiger partial charge in [0.1, 0.15) is 17.2 Å². The van der Waals surface area contributed by atoms with Crippen LogP contribution in [-0.2, 0) is 13.1 Å². The number of methoxy groups -OCH3 is 3. The molecule has 7 heteroatoms. The van der Waals surface area contributed by atoms with E-state index < -0.39 is 0 Å². The van der Waals surface area contributed by atoms with Crippen LogP contribution in [0.3, 0.4) is 0 Å². The van der Waals surface area contributed by atoms with E-state index in [4.69, 9.17) is 38.0 Å². The van der Waals surface area contributed by atoms with Crippen LogP contribution in [0.5, 0.6) is 17.2 Å². The lowest BCUT2D eigenvalue weighted by atomic mass is 10.1. The van der Waals surface area contributed by atoms with Gasteiger partial charge in [0.25, 0.3) is 0 Å². The van der Waals surface area contributed by atoms with Crippen molar-refractivity contribution >= 4 is 34.6 Å². The fraction of sp³-hybridized carbons (Fsp3) is 0.208. The van der Waals surface area contributed by atoms with Gasteiger partial charge in [-0.25, -0.2) is 0 Å². The lowest BCUT2D eigenvalue weighted by Gasteiger charge is -2.27. The molecule has 0 saturated heterocycles. The number of thiocarbonyl (C=S) groups is 1. The number of ether oxygens (including phenoxy) is 3. The summed E-state index contributed by atoms with van der Waals surface area (Å²) in [4.78, 5) is 2.09. The van der Waals surface area contributed by atoms with Crippen LogP contribution in [0.25, 0.3) is 0 Å². The Hall–Kier alpha value is -2.96. The molecule has 3 aromatic rings. The normalized spacial score (nSPS) is 10.3. The second-order valence-electron chi connectivity index (χ2n) is 6.83. The van der Waals surface area contributed by atoms with Gasteiger partial charge in [0.05, 0.1) is 27.0 Å². The Kier molecular flexibility index (Phi) is 7.98. The maximum atomic E-state index is 6.05. The van der Waals surface area contributed by atoms with Gasteiger partial charge >= 0.3 is 0 Å². The van der Waals surface area contributed by atoms with Gasteiger partial charge in [-0.2, -0.15) is 0 Å². The lowest BCUT2D eigenvalue weighted by Crippen LogP contribution is -2.34. The van der Waals surface area contributed by atoms with E-state index in [2.05, 4.69) is 10.2 Å². The summed E-state index contributed by atoms with van der Waals surface area (Å²) in [6.45, 7) is 1.24. The zero-order valence-electron chi connectivity index (χ0n) is 17.7. The van der Waals surface area contributed by atoms with Crippen molar-refractivity contribution in [2.45, 2.75) is 13.1 Å². The van der Waals surface area contributed by atoms with Gasteiger partial charge in [-0.05, 0) is 59.7 Å². The Balaban J connectivity index is 1.83. The maximum absolute atomic E-state index is 6.05. The highest BCUT2D eigenvalue weighted by atomic mass is 35.5. The van der Waals surface area contributed by atoms with Crippen LogP contribution in [0.4, 0.5) is 5.69 Å². The summed E-state index contributed by atoms with van der Waals surface area (Å²) in [7, 11) is 4.89. The minimum absolute atomic E-state index is 0.578. The molecule has 5 nitrogen and oxygen atoms in total. The predicted molar refractivity (Wildman–Crippen MR) is 129 cm³/mol. The molecule has 0 radical (unpaired) electrons. The third-order valence-electron chi connectivity index (χ3n) is 4.76. The van der Waals surface area contributed by atoms with Gasteiger partial charge in [0.2, 0.25) is 0 Å². The number of nitrogens with zero attached hydrogens (tertiary/aromatic N) is 1. The average molecular weight is 457 g/mol. The predicted octanol–water partition coefficient (Wildman–Crippen LogP) is 5.77. The highest BCUT2D eigenvalue weighted by molar-refractivity contribution is 7.80. The first-order chi connectivity index (χ1) is 15.0. The van der Waals surface area contributed by atoms with Crippen molar-refractivity contribution in [3.8, 4) is 17.2 Å². The van der Waals surface area contributed by atoms with E-state index in [0.717, 1.165) is 22.6 Å². The van der Waals surface area contributed by atoms with Gasteiger partial charge in [0, 0.05) is 24.2 Å². The molecule has 1 N–H and O–H groups in total. The molecule has 0 aromatic heterocycles. The number of rotatable bonds is 8. The number of anilines is 1. The molecular weight excluding hydrogens is 432 g/mol. The molecule has 0 spiro atoms. The quantitative estimate of drug-likeness (QED) is 0.434. The van der Waals surface area contributed by atoms with Crippen molar-refractivity contribution in [2.75, 3.05) is 26.6 Å². The van der Waals surface area contributed by atoms with E-state index >= 15 is 0 Å². The Labute approximate surface area is 193 Å². The molecule has 31 heavy (non-hydrogen) atoms. The third kappa shape index (κ3) is 6.26. The average Bonchev–Trinajstić information content (AvgIpc) is 2.80. The van der Waals surface area contributed by atoms with Gasteiger partial charge in [-0.1, -0.05) is 35.9 Å². The monoisotopic (exact) mass is 456 g/mol. The lowest BCUT2D eigenvalue weighted by molar-refractivity contribution is 0.394. The molecule has 0 fully saturated rings. The molecule has 0 heterocycles. The van der Waals surface area contributed by atoms with E-state index in [1.54, 1.807) is 21.3 Å². The molecule has 3 aromatic carbocycles. The standard InChI is InChI=1S/C24H25ClN2O3S/c1-28-20-10-6-18(7-11-20)16-27(15-17-4-8-19(25)9-5-17)24(31)26-22-13-12-21(29-2)14-23(22)30-3/h4-14H,15-16H2,1-3H3,(H,26,31). The molecule has 0 aliphatic carbocycles. The number of benzene rings is 3. The van der Waals surface area contributed by atoms with Gasteiger partial charge in [-0.3, -0.25) is 0 Å². The number of hydrogen-bond donors (Lipinski definition) is 1. The van der Waals surface area contributed by atoms with Gasteiger partial charge in [0.15, 0.2) is 5.11 Å². The minimum Gasteiger partial charge on any atom is -0.497 e. The Morgan fingerprint density at radius 3 is 1.90 bits per heavy atom. The molecular formula is C24H25ClN2O3S. The van der Waals surface area contributed by atoms with Crippen molar-refractivity contribution in [2.24, 2.45) is 0 Å². The number of halogens is 1. The van der Waals surface area contributed by atoms with Crippen LogP contribution in [0, 0.1) is 0 Å². The summed E-state index contributed by atoms with van der Waals surface area (Å²) in [5.41, 5.74) is 2.98. The van der Waals surface area contributed by atoms with Crippen LogP contribution in [-0.4, -0.2) is 31.3 Å². The second kappa shape index (κ2) is 10.9. The Morgan fingerprint density at radius 2 is 1.35 bits per heavy atom. The summed E-state index contributed by atoms with van der Waals surface area (Å²) >= 11 is 11.8. The summed E-state index contributed by atoms with van der Waals surface area (Å²) in [6.07, 6.45) is 0. The fourth-order valence-electron chi connectivity index (χ4n) is 3.06. The molecule has 0 aliphatic heterocycles. The van der Waals surface area contributed by atoms with Crippen molar-refractivity contribution in [3.63, 3.8) is 0 Å². The Morgan fingerprint density at radius 1 is 0.806 bits per heavy atom. The van der Waals surface area contributed by atoms with Crippen molar-refractivity contribution in [1.82, 2.24) is 4.90 Å². The maximum Gasteiger partial charge on any atom is 0.174 e. The van der Waals surface area contributed by atoms with E-state index in [1.165, 1.54) is 0 Å². The van der Waals surface area contributed by atoms with E-state index in [9.17, 15) is 0 Å². The van der Waals surface area contributed by atoms with E-state index in [0.29, 0.717) is 34.7 Å². The fourth-order valence-corrected chi connectivity index (χ4v) is 3.42. The third-order valence-corrected chi connectivity index (χ3v) is 5.37. The molecule has 0 amide bonds. The van der Waals surface area contributed by atoms with Crippen LogP contribution in [0.2, 0.25) is 5.02 Å². The molecule has 0 unspecified atom stereocenters. The molecule has 0 bridgehead atoms. The second-order valence-corrected chi connectivity index (χ2v) is 7.65. The molecule has 0 aliphatic rings. The summed E-state index contributed by atoms with van der Waals surface area (Å²) in [5.74, 6) is 2.18. The zero-order valence-corrected chi connectivity index (χ0v) is 19.3. The first-order valence-electron chi connectivity index (χ1n) is 9.67. The highest BCUT2D eigenvalue weighted by Gasteiger charge is 2.14. The molecule has 3 rings (SSSR count). The topological polar surface area (TPSA) is 43.0 Å². The molecule has 0 atom stereocenters. The van der Waals surface area contributed by atoms with Crippen molar-refractivity contribution in [3.05, 3.63) is 82.9 Å². The highest BCUT2D eigenvalue weighted by Crippen LogP contribution is 2.29. The number of nitrogens with one attached hydrogen (secondary N) is 1. The Bertz CT molecular complexity index is 1010. The van der Waals surface area contributed by atoms with Crippen molar-refractivity contribution < 1.29 is 14.2 Å². The molecule has 0 saturated carbocycles. The van der Waals surface area contributed by atoms with Crippen LogP contribution >= 0.6 is 23.8 Å². The number of hydrogen-bond acceptors (Lipinski definition) is 4. The summed E-state index contributed by atoms with van der Waals surface area (Å²) < 4.78 is 16.0. The summed E-state index contributed by atoms with van der Waals surface area (Å²) in [6, 6.07) is 21.3. The molecule has 162 valence electrons. The first kappa shape index (κ1) is 22.7.